The summed E-state index contributed by atoms with van der Waals surface area (Å²) in [6.45, 7) is 0.279. The summed E-state index contributed by atoms with van der Waals surface area (Å²) in [5, 5.41) is 5.67. The zero-order valence-electron chi connectivity index (χ0n) is 15.7. The molecular formula is C22H22N4O3. The largest absolute Gasteiger partial charge is 0.467 e. The van der Waals surface area contributed by atoms with Crippen molar-refractivity contribution in [1.82, 2.24) is 16.2 Å². The van der Waals surface area contributed by atoms with Crippen molar-refractivity contribution in [2.24, 2.45) is 0 Å². The third-order valence-electron chi connectivity index (χ3n) is 4.85. The van der Waals surface area contributed by atoms with E-state index in [1.165, 1.54) is 0 Å². The number of carbonyl (C=O) groups excluding carboxylic acids is 2. The van der Waals surface area contributed by atoms with E-state index in [-0.39, 0.29) is 24.4 Å². The first-order valence-corrected chi connectivity index (χ1v) is 9.47. The van der Waals surface area contributed by atoms with Gasteiger partial charge in [-0.15, -0.1) is 0 Å². The Bertz CT molecular complexity index is 973. The van der Waals surface area contributed by atoms with Crippen LogP contribution < -0.4 is 21.5 Å². The number of amides is 2. The van der Waals surface area contributed by atoms with E-state index in [9.17, 15) is 9.59 Å². The summed E-state index contributed by atoms with van der Waals surface area (Å²) in [6, 6.07) is 20.1. The number of anilines is 1. The molecule has 0 radical (unpaired) electrons. The van der Waals surface area contributed by atoms with Crippen LogP contribution in [0.1, 0.15) is 34.1 Å². The second kappa shape index (κ2) is 8.72. The van der Waals surface area contributed by atoms with Crippen molar-refractivity contribution in [2.75, 3.05) is 5.32 Å². The zero-order valence-corrected chi connectivity index (χ0v) is 15.7. The number of hydrogen-bond acceptors (Lipinski definition) is 5. The van der Waals surface area contributed by atoms with Crippen molar-refractivity contribution in [3.63, 3.8) is 0 Å². The van der Waals surface area contributed by atoms with E-state index < -0.39 is 6.04 Å². The second-order valence-corrected chi connectivity index (χ2v) is 6.84. The predicted octanol–water partition coefficient (Wildman–Crippen LogP) is 2.76. The minimum Gasteiger partial charge on any atom is -0.467 e. The van der Waals surface area contributed by atoms with Crippen LogP contribution in [0.5, 0.6) is 0 Å². The first kappa shape index (κ1) is 18.9. The van der Waals surface area contributed by atoms with Gasteiger partial charge in [0.05, 0.1) is 24.1 Å². The number of nitrogens with one attached hydrogen (secondary N) is 4. The van der Waals surface area contributed by atoms with Gasteiger partial charge in [0.2, 0.25) is 5.91 Å². The lowest BCUT2D eigenvalue weighted by Gasteiger charge is -2.14. The number of benzene rings is 2. The standard InChI is InChI=1S/C22H22N4O3/c27-21(23-14-16-9-6-12-29-16)17-10-4-5-11-18(17)24-22(28)20-13-19(25-26-20)15-7-2-1-3-8-15/h1-12,19-20,25-26H,13-14H2,(H,23,27)(H,24,28). The Labute approximate surface area is 168 Å². The van der Waals surface area contributed by atoms with Crippen LogP contribution in [0.3, 0.4) is 0 Å². The van der Waals surface area contributed by atoms with Crippen molar-refractivity contribution in [3.8, 4) is 0 Å². The number of carbonyl (C=O) groups is 2. The van der Waals surface area contributed by atoms with Gasteiger partial charge < -0.3 is 15.1 Å². The third kappa shape index (κ3) is 4.53. The first-order chi connectivity index (χ1) is 14.2. The fourth-order valence-electron chi connectivity index (χ4n) is 3.32. The summed E-state index contributed by atoms with van der Waals surface area (Å²) in [4.78, 5) is 25.3. The molecule has 0 spiro atoms. The molecule has 1 aliphatic rings. The molecule has 4 rings (SSSR count). The van der Waals surface area contributed by atoms with Crippen LogP contribution >= 0.6 is 0 Å². The molecule has 4 N–H and O–H groups in total. The highest BCUT2D eigenvalue weighted by Gasteiger charge is 2.30. The van der Waals surface area contributed by atoms with Crippen LogP contribution in [0.2, 0.25) is 0 Å². The van der Waals surface area contributed by atoms with Gasteiger partial charge in [0, 0.05) is 6.04 Å². The molecule has 2 unspecified atom stereocenters. The van der Waals surface area contributed by atoms with Gasteiger partial charge in [-0.1, -0.05) is 42.5 Å². The molecule has 0 bridgehead atoms. The predicted molar refractivity (Wildman–Crippen MR) is 109 cm³/mol. The van der Waals surface area contributed by atoms with E-state index in [4.69, 9.17) is 4.42 Å². The van der Waals surface area contributed by atoms with Gasteiger partial charge in [0.1, 0.15) is 11.8 Å². The Kier molecular flexibility index (Phi) is 5.69. The van der Waals surface area contributed by atoms with Crippen LogP contribution in [0.25, 0.3) is 0 Å². The van der Waals surface area contributed by atoms with Crippen molar-refractivity contribution in [1.29, 1.82) is 0 Å². The highest BCUT2D eigenvalue weighted by Crippen LogP contribution is 2.23. The maximum absolute atomic E-state index is 12.8. The highest BCUT2D eigenvalue weighted by molar-refractivity contribution is 6.04. The molecule has 3 aromatic rings. The molecule has 1 aromatic heterocycles. The molecule has 0 aliphatic carbocycles. The summed E-state index contributed by atoms with van der Waals surface area (Å²) in [5.41, 5.74) is 8.20. The minimum atomic E-state index is -0.403. The van der Waals surface area contributed by atoms with Gasteiger partial charge in [-0.2, -0.15) is 0 Å². The fraction of sp³-hybridized carbons (Fsp3) is 0.182. The maximum atomic E-state index is 12.8. The second-order valence-electron chi connectivity index (χ2n) is 6.84. The van der Waals surface area contributed by atoms with Crippen molar-refractivity contribution >= 4 is 17.5 Å². The third-order valence-corrected chi connectivity index (χ3v) is 4.85. The lowest BCUT2D eigenvalue weighted by molar-refractivity contribution is -0.117. The van der Waals surface area contributed by atoms with Crippen molar-refractivity contribution in [3.05, 3.63) is 89.9 Å². The summed E-state index contributed by atoms with van der Waals surface area (Å²) in [5.74, 6) is 0.187. The van der Waals surface area contributed by atoms with E-state index in [1.54, 1.807) is 42.7 Å². The normalized spacial score (nSPS) is 18.3. The molecule has 1 saturated heterocycles. The molecule has 148 valence electrons. The van der Waals surface area contributed by atoms with Crippen LogP contribution in [-0.4, -0.2) is 17.9 Å². The Hall–Kier alpha value is -3.42. The van der Waals surface area contributed by atoms with E-state index in [1.807, 2.05) is 30.3 Å². The smallest absolute Gasteiger partial charge is 0.253 e. The maximum Gasteiger partial charge on any atom is 0.253 e. The summed E-state index contributed by atoms with van der Waals surface area (Å²) >= 11 is 0. The molecule has 1 fully saturated rings. The van der Waals surface area contributed by atoms with E-state index in [0.29, 0.717) is 23.4 Å². The molecule has 7 nitrogen and oxygen atoms in total. The number of rotatable bonds is 6. The molecule has 0 saturated carbocycles. The Morgan fingerprint density at radius 1 is 0.966 bits per heavy atom. The summed E-state index contributed by atoms with van der Waals surface area (Å²) < 4.78 is 5.23. The summed E-state index contributed by atoms with van der Waals surface area (Å²) in [6.07, 6.45) is 2.17. The van der Waals surface area contributed by atoms with E-state index >= 15 is 0 Å². The van der Waals surface area contributed by atoms with Crippen LogP contribution in [-0.2, 0) is 11.3 Å². The Morgan fingerprint density at radius 2 is 1.76 bits per heavy atom. The van der Waals surface area contributed by atoms with Crippen LogP contribution in [0.15, 0.2) is 77.4 Å². The molecular weight excluding hydrogens is 368 g/mol. The van der Waals surface area contributed by atoms with Gasteiger partial charge in [0.15, 0.2) is 0 Å². The van der Waals surface area contributed by atoms with Gasteiger partial charge in [-0.25, -0.2) is 10.9 Å². The summed E-state index contributed by atoms with van der Waals surface area (Å²) in [7, 11) is 0. The van der Waals surface area contributed by atoms with Gasteiger partial charge in [-0.3, -0.25) is 9.59 Å². The van der Waals surface area contributed by atoms with Gasteiger partial charge in [-0.05, 0) is 36.2 Å². The molecule has 2 aromatic carbocycles. The molecule has 29 heavy (non-hydrogen) atoms. The molecule has 2 heterocycles. The fourth-order valence-corrected chi connectivity index (χ4v) is 3.32. The Balaban J connectivity index is 1.39. The molecule has 7 heteroatoms. The molecule has 2 atom stereocenters. The van der Waals surface area contributed by atoms with Crippen LogP contribution in [0, 0.1) is 0 Å². The quantitative estimate of drug-likeness (QED) is 0.519. The molecule has 2 amide bonds. The first-order valence-electron chi connectivity index (χ1n) is 9.47. The van der Waals surface area contributed by atoms with Gasteiger partial charge >= 0.3 is 0 Å². The SMILES string of the molecule is O=C(NCc1ccco1)c1ccccc1NC(=O)C1CC(c2ccccc2)NN1. The average Bonchev–Trinajstić information content (AvgIpc) is 3.45. The number of hydrogen-bond donors (Lipinski definition) is 4. The zero-order chi connectivity index (χ0) is 20.1. The van der Waals surface area contributed by atoms with Crippen molar-refractivity contribution in [2.45, 2.75) is 25.0 Å². The lowest BCUT2D eigenvalue weighted by atomic mass is 10.0. The monoisotopic (exact) mass is 390 g/mol. The van der Waals surface area contributed by atoms with Crippen LogP contribution in [0.4, 0.5) is 5.69 Å². The Morgan fingerprint density at radius 3 is 2.55 bits per heavy atom. The van der Waals surface area contributed by atoms with E-state index in [2.05, 4.69) is 21.5 Å². The number of hydrazine groups is 1. The van der Waals surface area contributed by atoms with Gasteiger partial charge in [0.25, 0.3) is 5.91 Å². The topological polar surface area (TPSA) is 95.4 Å². The molecule has 1 aliphatic heterocycles. The average molecular weight is 390 g/mol. The highest BCUT2D eigenvalue weighted by atomic mass is 16.3. The van der Waals surface area contributed by atoms with E-state index in [0.717, 1.165) is 5.56 Å². The lowest BCUT2D eigenvalue weighted by Crippen LogP contribution is -2.40. The number of para-hydroxylation sites is 1. The number of furan rings is 1. The van der Waals surface area contributed by atoms with Crippen molar-refractivity contribution < 1.29 is 14.0 Å². The minimum absolute atomic E-state index is 0.0544.